The molecular weight excluding hydrogens is 389 g/mol. The summed E-state index contributed by atoms with van der Waals surface area (Å²) in [6.07, 6.45) is -1.34. The maximum Gasteiger partial charge on any atom is 0.433 e. The largest absolute Gasteiger partial charge is 0.433 e. The van der Waals surface area contributed by atoms with E-state index in [1.165, 1.54) is 18.3 Å². The number of halogens is 5. The van der Waals surface area contributed by atoms with E-state index in [1.54, 1.807) is 12.1 Å². The van der Waals surface area contributed by atoms with Crippen molar-refractivity contribution in [2.75, 3.05) is 6.93 Å². The van der Waals surface area contributed by atoms with E-state index >= 15 is 0 Å². The van der Waals surface area contributed by atoms with Gasteiger partial charge in [-0.05, 0) is 28.7 Å². The molecule has 29 heavy (non-hydrogen) atoms. The van der Waals surface area contributed by atoms with Gasteiger partial charge < -0.3 is 10.3 Å². The first-order valence-electron chi connectivity index (χ1n) is 8.98. The monoisotopic (exact) mass is 413 g/mol. The second-order valence-electron chi connectivity index (χ2n) is 7.78. The lowest BCUT2D eigenvalue weighted by molar-refractivity contribution is -0.140. The van der Waals surface area contributed by atoms with E-state index in [0.29, 0.717) is 12.1 Å². The predicted molar refractivity (Wildman–Crippen MR) is 105 cm³/mol. The van der Waals surface area contributed by atoms with Crippen LogP contribution in [0.15, 0.2) is 42.7 Å². The molecule has 0 saturated heterocycles. The zero-order valence-corrected chi connectivity index (χ0v) is 16.5. The van der Waals surface area contributed by atoms with Crippen LogP contribution in [-0.2, 0) is 19.3 Å². The molecule has 158 valence electrons. The molecule has 3 nitrogen and oxygen atoms in total. The van der Waals surface area contributed by atoms with Gasteiger partial charge in [0.1, 0.15) is 0 Å². The lowest BCUT2D eigenvalue weighted by Crippen LogP contribution is -2.14. The van der Waals surface area contributed by atoms with Crippen LogP contribution in [0.1, 0.15) is 32.0 Å². The number of alkyl halides is 5. The molecule has 0 aliphatic rings. The van der Waals surface area contributed by atoms with Crippen LogP contribution in [0, 0.1) is 5.41 Å². The zero-order valence-electron chi connectivity index (χ0n) is 16.5. The normalized spacial score (nSPS) is 12.0. The molecule has 0 aliphatic carbocycles. The van der Waals surface area contributed by atoms with Gasteiger partial charge in [0.2, 0.25) is 6.93 Å². The van der Waals surface area contributed by atoms with E-state index in [0.717, 1.165) is 23.0 Å². The molecule has 0 saturated carbocycles. The molecule has 2 heterocycles. The van der Waals surface area contributed by atoms with Gasteiger partial charge >= 0.3 is 6.18 Å². The lowest BCUT2D eigenvalue weighted by atomic mass is 9.96. The van der Waals surface area contributed by atoms with Crippen molar-refractivity contribution in [2.24, 2.45) is 11.1 Å². The van der Waals surface area contributed by atoms with E-state index in [9.17, 15) is 22.0 Å². The van der Waals surface area contributed by atoms with Crippen LogP contribution < -0.4 is 5.73 Å². The van der Waals surface area contributed by atoms with Crippen molar-refractivity contribution in [3.05, 3.63) is 54.0 Å². The molecule has 2 N–H and O–H groups in total. The molecular formula is C21H24F5N3. The minimum Gasteiger partial charge on any atom is -0.347 e. The van der Waals surface area contributed by atoms with E-state index in [-0.39, 0.29) is 11.0 Å². The average molecular weight is 413 g/mol. The molecule has 8 heteroatoms. The van der Waals surface area contributed by atoms with Crippen LogP contribution in [0.4, 0.5) is 22.0 Å². The van der Waals surface area contributed by atoms with Crippen molar-refractivity contribution in [2.45, 2.75) is 40.0 Å². The fraction of sp³-hybridized carbons (Fsp3) is 0.381. The molecule has 0 radical (unpaired) electrons. The Hall–Kier alpha value is -2.48. The van der Waals surface area contributed by atoms with E-state index in [1.807, 2.05) is 12.3 Å². The van der Waals surface area contributed by atoms with Gasteiger partial charge in [0, 0.05) is 41.9 Å². The quantitative estimate of drug-likeness (QED) is 0.527. The average Bonchev–Trinajstić information content (AvgIpc) is 2.97. The van der Waals surface area contributed by atoms with Crippen molar-refractivity contribution in [3.8, 4) is 11.1 Å². The van der Waals surface area contributed by atoms with Gasteiger partial charge in [0.25, 0.3) is 0 Å². The van der Waals surface area contributed by atoms with Crippen molar-refractivity contribution in [1.29, 1.82) is 0 Å². The minimum atomic E-state index is -4.50. The highest BCUT2D eigenvalue weighted by Crippen LogP contribution is 2.37. The molecule has 2 aromatic heterocycles. The summed E-state index contributed by atoms with van der Waals surface area (Å²) >= 11 is 0. The van der Waals surface area contributed by atoms with Gasteiger partial charge in [-0.25, -0.2) is 8.78 Å². The highest BCUT2D eigenvalue weighted by molar-refractivity contribution is 5.88. The molecule has 0 spiro atoms. The van der Waals surface area contributed by atoms with Gasteiger partial charge in [-0.15, -0.1) is 0 Å². The number of rotatable bonds is 3. The Morgan fingerprint density at radius 3 is 2.28 bits per heavy atom. The molecule has 0 fully saturated rings. The number of pyridine rings is 1. The van der Waals surface area contributed by atoms with E-state index < -0.39 is 18.8 Å². The SMILES string of the molecule is CC(C)(C)Cn1cc(CN)c2ccc(-c3cccnc3C(F)(F)F)cc21.FCF. The third-order valence-electron chi connectivity index (χ3n) is 4.22. The van der Waals surface area contributed by atoms with Gasteiger partial charge in [-0.1, -0.05) is 39.0 Å². The maximum atomic E-state index is 13.3. The summed E-state index contributed by atoms with van der Waals surface area (Å²) in [6, 6.07) is 8.33. The third-order valence-corrected chi connectivity index (χ3v) is 4.22. The summed E-state index contributed by atoms with van der Waals surface area (Å²) in [6.45, 7) is 5.73. The van der Waals surface area contributed by atoms with E-state index in [4.69, 9.17) is 5.73 Å². The Bertz CT molecular complexity index is 955. The Morgan fingerprint density at radius 2 is 1.72 bits per heavy atom. The Kier molecular flexibility index (Phi) is 7.00. The van der Waals surface area contributed by atoms with Crippen molar-refractivity contribution in [1.82, 2.24) is 9.55 Å². The number of hydrogen-bond acceptors (Lipinski definition) is 2. The lowest BCUT2D eigenvalue weighted by Gasteiger charge is -2.20. The summed E-state index contributed by atoms with van der Waals surface area (Å²) in [4.78, 5) is 3.56. The molecule has 0 aliphatic heterocycles. The Labute approximate surface area is 166 Å². The summed E-state index contributed by atoms with van der Waals surface area (Å²) in [5.74, 6) is 0. The molecule has 3 aromatic rings. The number of nitrogens with zero attached hydrogens (tertiary/aromatic N) is 2. The van der Waals surface area contributed by atoms with Crippen molar-refractivity contribution in [3.63, 3.8) is 0 Å². The summed E-state index contributed by atoms with van der Waals surface area (Å²) < 4.78 is 61.3. The predicted octanol–water partition coefficient (Wildman–Crippen LogP) is 6.11. The Balaban J connectivity index is 0.000000941. The highest BCUT2D eigenvalue weighted by Gasteiger charge is 2.35. The van der Waals surface area contributed by atoms with Crippen LogP contribution in [-0.4, -0.2) is 16.5 Å². The summed E-state index contributed by atoms with van der Waals surface area (Å²) in [5, 5.41) is 0.970. The third kappa shape index (κ3) is 5.53. The van der Waals surface area contributed by atoms with Crippen LogP contribution in [0.5, 0.6) is 0 Å². The van der Waals surface area contributed by atoms with Crippen LogP contribution in [0.25, 0.3) is 22.0 Å². The Morgan fingerprint density at radius 1 is 1.07 bits per heavy atom. The number of hydrogen-bond donors (Lipinski definition) is 1. The van der Waals surface area contributed by atoms with Gasteiger partial charge in [-0.2, -0.15) is 13.2 Å². The second-order valence-corrected chi connectivity index (χ2v) is 7.78. The topological polar surface area (TPSA) is 43.8 Å². The summed E-state index contributed by atoms with van der Waals surface area (Å²) in [5.41, 5.74) is 7.46. The molecule has 0 unspecified atom stereocenters. The van der Waals surface area contributed by atoms with Crippen LogP contribution >= 0.6 is 0 Å². The standard InChI is InChI=1S/C20H22F3N3.CH2F2/c1-19(2,3)12-26-11-14(10-24)15-7-6-13(9-17(15)26)16-5-4-8-25-18(16)20(21,22)23;2-1-3/h4-9,11H,10,12,24H2,1-3H3;1H2. The number of nitrogens with two attached hydrogens (primary N) is 1. The van der Waals surface area contributed by atoms with Crippen molar-refractivity contribution < 1.29 is 22.0 Å². The fourth-order valence-electron chi connectivity index (χ4n) is 3.20. The number of benzene rings is 1. The summed E-state index contributed by atoms with van der Waals surface area (Å²) in [7, 11) is 0. The maximum absolute atomic E-state index is 13.3. The number of aromatic nitrogens is 2. The first-order valence-corrected chi connectivity index (χ1v) is 8.98. The minimum absolute atomic E-state index is 0.0270. The van der Waals surface area contributed by atoms with Crippen LogP contribution in [0.2, 0.25) is 0 Å². The molecule has 1 aromatic carbocycles. The van der Waals surface area contributed by atoms with Gasteiger partial charge in [-0.3, -0.25) is 4.98 Å². The van der Waals surface area contributed by atoms with Crippen LogP contribution in [0.3, 0.4) is 0 Å². The number of fused-ring (bicyclic) bond motifs is 1. The molecule has 3 rings (SSSR count). The zero-order chi connectivity index (χ0) is 21.8. The van der Waals surface area contributed by atoms with Gasteiger partial charge in [0.15, 0.2) is 5.69 Å². The molecule has 0 amide bonds. The highest BCUT2D eigenvalue weighted by atomic mass is 19.4. The van der Waals surface area contributed by atoms with Crippen molar-refractivity contribution >= 4 is 10.9 Å². The van der Waals surface area contributed by atoms with E-state index in [2.05, 4.69) is 30.3 Å². The fourth-order valence-corrected chi connectivity index (χ4v) is 3.20. The smallest absolute Gasteiger partial charge is 0.347 e. The first kappa shape index (κ1) is 22.8. The molecule has 0 bridgehead atoms. The second kappa shape index (κ2) is 8.90. The molecule has 0 atom stereocenters. The van der Waals surface area contributed by atoms with Gasteiger partial charge in [0.05, 0.1) is 0 Å². The first-order chi connectivity index (χ1) is 13.5.